The molecule has 2 heterocycles. The van der Waals surface area contributed by atoms with Crippen LogP contribution < -0.4 is 14.2 Å². The summed E-state index contributed by atoms with van der Waals surface area (Å²) in [5.74, 6) is -0.0647. The number of rotatable bonds is 7. The maximum atomic E-state index is 13.4. The van der Waals surface area contributed by atoms with Crippen LogP contribution in [-0.2, 0) is 16.1 Å². The number of para-hydroxylation sites is 1. The number of aliphatic hydroxyl groups is 1. The topological polar surface area (TPSA) is 101 Å². The maximum Gasteiger partial charge on any atom is 0.295 e. The molecule has 37 heavy (non-hydrogen) atoms. The quantitative estimate of drug-likeness (QED) is 0.215. The summed E-state index contributed by atoms with van der Waals surface area (Å²) >= 11 is 0. The van der Waals surface area contributed by atoms with Gasteiger partial charge in [-0.3, -0.25) is 9.59 Å². The lowest BCUT2D eigenvalue weighted by Gasteiger charge is -2.26. The molecular weight excluding hydrogens is 472 g/mol. The van der Waals surface area contributed by atoms with Crippen LogP contribution in [-0.4, -0.2) is 48.0 Å². The number of nitrogens with one attached hydrogen (secondary N) is 1. The van der Waals surface area contributed by atoms with Crippen molar-refractivity contribution >= 4 is 28.4 Å². The van der Waals surface area contributed by atoms with E-state index in [1.807, 2.05) is 36.4 Å². The van der Waals surface area contributed by atoms with Crippen molar-refractivity contribution < 1.29 is 28.9 Å². The summed E-state index contributed by atoms with van der Waals surface area (Å²) in [4.78, 5) is 31.4. The Bertz CT molecular complexity index is 1540. The normalized spacial score (nSPS) is 16.8. The summed E-state index contributed by atoms with van der Waals surface area (Å²) in [5.41, 5.74) is 2.65. The molecule has 8 nitrogen and oxygen atoms in total. The number of likely N-dealkylation sites (tertiary alicyclic amines) is 1. The Hall–Kier alpha value is -4.72. The third kappa shape index (κ3) is 4.16. The third-order valence-electron chi connectivity index (χ3n) is 6.59. The Labute approximate surface area is 213 Å². The van der Waals surface area contributed by atoms with Crippen LogP contribution in [0.4, 0.5) is 0 Å². The fourth-order valence-electron chi connectivity index (χ4n) is 4.79. The molecule has 0 bridgehead atoms. The molecule has 0 aliphatic carbocycles. The number of hydrogen-bond acceptors (Lipinski definition) is 6. The number of aromatic amines is 1. The first-order valence-corrected chi connectivity index (χ1v) is 11.7. The smallest absolute Gasteiger partial charge is 0.295 e. The minimum Gasteiger partial charge on any atom is -0.507 e. The van der Waals surface area contributed by atoms with Crippen LogP contribution in [0.15, 0.2) is 78.5 Å². The van der Waals surface area contributed by atoms with Gasteiger partial charge in [-0.05, 0) is 41.5 Å². The Morgan fingerprint density at radius 2 is 1.70 bits per heavy atom. The Balaban J connectivity index is 1.66. The minimum absolute atomic E-state index is 0.0171. The predicted molar refractivity (Wildman–Crippen MR) is 139 cm³/mol. The summed E-state index contributed by atoms with van der Waals surface area (Å²) in [6.07, 6.45) is 1.64. The average molecular weight is 499 g/mol. The SMILES string of the molecule is COc1cccc(C2/C(=C(/O)c3c[nH]c4ccccc34)C(=O)C(=O)N2Cc2ccc(OC)c(OC)c2)c1. The number of ketones is 1. The number of H-pyrrole nitrogens is 1. The molecule has 4 aromatic rings. The number of Topliss-reactive ketones (excluding diaryl/α,β-unsaturated/α-hetero) is 1. The molecule has 8 heteroatoms. The molecule has 2 N–H and O–H groups in total. The highest BCUT2D eigenvalue weighted by Crippen LogP contribution is 2.42. The number of amides is 1. The number of fused-ring (bicyclic) bond motifs is 1. The summed E-state index contributed by atoms with van der Waals surface area (Å²) in [6, 6.07) is 19.1. The van der Waals surface area contributed by atoms with E-state index < -0.39 is 17.7 Å². The predicted octanol–water partition coefficient (Wildman–Crippen LogP) is 4.82. The largest absolute Gasteiger partial charge is 0.507 e. The number of aliphatic hydroxyl groups excluding tert-OH is 1. The molecule has 0 spiro atoms. The maximum absolute atomic E-state index is 13.4. The first-order chi connectivity index (χ1) is 18.0. The third-order valence-corrected chi connectivity index (χ3v) is 6.59. The summed E-state index contributed by atoms with van der Waals surface area (Å²) < 4.78 is 16.1. The minimum atomic E-state index is -0.836. The van der Waals surface area contributed by atoms with E-state index in [4.69, 9.17) is 14.2 Å². The molecule has 188 valence electrons. The number of nitrogens with zero attached hydrogens (tertiary/aromatic N) is 1. The highest BCUT2D eigenvalue weighted by Gasteiger charge is 2.46. The number of hydrogen-bond donors (Lipinski definition) is 2. The van der Waals surface area contributed by atoms with Crippen LogP contribution in [0.5, 0.6) is 17.2 Å². The van der Waals surface area contributed by atoms with E-state index in [0.717, 1.165) is 16.5 Å². The fraction of sp³-hybridized carbons (Fsp3) is 0.172. The van der Waals surface area contributed by atoms with E-state index in [2.05, 4.69) is 4.98 Å². The standard InChI is InChI=1S/C29H26N2O6/c1-35-19-8-6-7-18(14-19)26-25(27(32)21-15-30-22-10-5-4-9-20(21)22)28(33)29(34)31(26)16-17-11-12-23(36-2)24(13-17)37-3/h4-15,26,30,32H,16H2,1-3H3/b27-25-. The van der Waals surface area contributed by atoms with Gasteiger partial charge in [-0.1, -0.05) is 36.4 Å². The van der Waals surface area contributed by atoms with E-state index in [0.29, 0.717) is 28.4 Å². The van der Waals surface area contributed by atoms with E-state index in [-0.39, 0.29) is 17.9 Å². The second kappa shape index (κ2) is 9.73. The lowest BCUT2D eigenvalue weighted by molar-refractivity contribution is -0.140. The lowest BCUT2D eigenvalue weighted by atomic mass is 9.95. The highest BCUT2D eigenvalue weighted by molar-refractivity contribution is 6.46. The van der Waals surface area contributed by atoms with E-state index >= 15 is 0 Å². The van der Waals surface area contributed by atoms with Crippen LogP contribution >= 0.6 is 0 Å². The molecule has 1 aromatic heterocycles. The number of carbonyl (C=O) groups excluding carboxylic acids is 2. The highest BCUT2D eigenvalue weighted by atomic mass is 16.5. The van der Waals surface area contributed by atoms with Gasteiger partial charge in [0.2, 0.25) is 0 Å². The van der Waals surface area contributed by atoms with Crippen molar-refractivity contribution in [3.05, 3.63) is 95.2 Å². The van der Waals surface area contributed by atoms with E-state index in [1.54, 1.807) is 50.7 Å². The number of ether oxygens (including phenoxy) is 3. The van der Waals surface area contributed by atoms with Gasteiger partial charge < -0.3 is 29.2 Å². The van der Waals surface area contributed by atoms with Crippen molar-refractivity contribution in [3.8, 4) is 17.2 Å². The van der Waals surface area contributed by atoms with Crippen LogP contribution in [0, 0.1) is 0 Å². The lowest BCUT2D eigenvalue weighted by Crippen LogP contribution is -2.29. The van der Waals surface area contributed by atoms with E-state index in [9.17, 15) is 14.7 Å². The molecular formula is C29H26N2O6. The van der Waals surface area contributed by atoms with Gasteiger partial charge in [0.15, 0.2) is 11.5 Å². The summed E-state index contributed by atoms with van der Waals surface area (Å²) in [5, 5.41) is 12.2. The average Bonchev–Trinajstić information content (AvgIpc) is 3.47. The number of carbonyl (C=O) groups is 2. The van der Waals surface area contributed by atoms with Gasteiger partial charge in [0.25, 0.3) is 11.7 Å². The zero-order valence-corrected chi connectivity index (χ0v) is 20.6. The first-order valence-electron chi connectivity index (χ1n) is 11.7. The summed E-state index contributed by atoms with van der Waals surface area (Å²) in [7, 11) is 4.63. The fourth-order valence-corrected chi connectivity index (χ4v) is 4.79. The number of benzene rings is 3. The molecule has 1 aliphatic heterocycles. The molecule has 1 unspecified atom stereocenters. The Morgan fingerprint density at radius 3 is 2.46 bits per heavy atom. The van der Waals surface area contributed by atoms with Crippen molar-refractivity contribution in [2.75, 3.05) is 21.3 Å². The monoisotopic (exact) mass is 498 g/mol. The Kier molecular flexibility index (Phi) is 6.31. The van der Waals surface area contributed by atoms with Crippen LogP contribution in [0.1, 0.15) is 22.7 Å². The van der Waals surface area contributed by atoms with Crippen molar-refractivity contribution in [2.45, 2.75) is 12.6 Å². The summed E-state index contributed by atoms with van der Waals surface area (Å²) in [6.45, 7) is 0.109. The number of aromatic nitrogens is 1. The second-order valence-corrected chi connectivity index (χ2v) is 8.64. The molecule has 1 aliphatic rings. The molecule has 3 aromatic carbocycles. The van der Waals surface area contributed by atoms with Gasteiger partial charge in [0.05, 0.1) is 32.9 Å². The zero-order chi connectivity index (χ0) is 26.1. The second-order valence-electron chi connectivity index (χ2n) is 8.64. The van der Waals surface area contributed by atoms with Gasteiger partial charge in [-0.15, -0.1) is 0 Å². The van der Waals surface area contributed by atoms with Crippen molar-refractivity contribution in [2.24, 2.45) is 0 Å². The van der Waals surface area contributed by atoms with E-state index in [1.165, 1.54) is 12.0 Å². The van der Waals surface area contributed by atoms with Gasteiger partial charge in [-0.25, -0.2) is 0 Å². The van der Waals surface area contributed by atoms with Crippen LogP contribution in [0.2, 0.25) is 0 Å². The van der Waals surface area contributed by atoms with Gasteiger partial charge in [-0.2, -0.15) is 0 Å². The van der Waals surface area contributed by atoms with Crippen LogP contribution in [0.3, 0.4) is 0 Å². The molecule has 1 atom stereocenters. The Morgan fingerprint density at radius 1 is 0.919 bits per heavy atom. The van der Waals surface area contributed by atoms with Crippen LogP contribution in [0.25, 0.3) is 16.7 Å². The zero-order valence-electron chi connectivity index (χ0n) is 20.6. The molecule has 1 fully saturated rings. The van der Waals surface area contributed by atoms with Gasteiger partial charge in [0.1, 0.15) is 11.5 Å². The number of methoxy groups -OCH3 is 3. The molecule has 5 rings (SSSR count). The first kappa shape index (κ1) is 24.0. The van der Waals surface area contributed by atoms with Gasteiger partial charge in [0, 0.05) is 29.2 Å². The molecule has 0 radical (unpaired) electrons. The van der Waals surface area contributed by atoms with Crippen molar-refractivity contribution in [3.63, 3.8) is 0 Å². The van der Waals surface area contributed by atoms with Crippen molar-refractivity contribution in [1.82, 2.24) is 9.88 Å². The molecule has 1 amide bonds. The molecule has 1 saturated heterocycles. The van der Waals surface area contributed by atoms with Gasteiger partial charge >= 0.3 is 0 Å². The van der Waals surface area contributed by atoms with Crippen molar-refractivity contribution in [1.29, 1.82) is 0 Å². The molecule has 0 saturated carbocycles.